The molecular weight excluding hydrogens is 308 g/mol. The Morgan fingerprint density at radius 3 is 2.61 bits per heavy atom. The molecule has 2 heteroatoms. The second-order valence-electron chi connectivity index (χ2n) is 4.66. The topological polar surface area (TPSA) is 0 Å². The minimum atomic E-state index is 0.0270. The molecule has 0 aliphatic rings. The van der Waals surface area contributed by atoms with E-state index in [1.165, 1.54) is 22.3 Å². The summed E-state index contributed by atoms with van der Waals surface area (Å²) in [7, 11) is 0. The summed E-state index contributed by atoms with van der Waals surface area (Å²) in [4.78, 5) is 0. The highest BCUT2D eigenvalue weighted by molar-refractivity contribution is 9.10. The SMILES string of the molecule is Cc1ccc(C)c(C(Cl)Cc2cccc(Br)c2)c1. The van der Waals surface area contributed by atoms with E-state index in [1.807, 2.05) is 12.1 Å². The lowest BCUT2D eigenvalue weighted by Crippen LogP contribution is -1.99. The van der Waals surface area contributed by atoms with Gasteiger partial charge in [0, 0.05) is 4.47 Å². The van der Waals surface area contributed by atoms with Gasteiger partial charge in [0.25, 0.3) is 0 Å². The van der Waals surface area contributed by atoms with Crippen LogP contribution in [0.3, 0.4) is 0 Å². The van der Waals surface area contributed by atoms with Crippen molar-refractivity contribution in [2.24, 2.45) is 0 Å². The molecule has 0 saturated heterocycles. The summed E-state index contributed by atoms with van der Waals surface area (Å²) in [6.07, 6.45) is 0.852. The molecule has 2 rings (SSSR count). The van der Waals surface area contributed by atoms with Crippen molar-refractivity contribution in [3.63, 3.8) is 0 Å². The predicted octanol–water partition coefficient (Wildman–Crippen LogP) is 5.59. The fourth-order valence-corrected chi connectivity index (χ4v) is 2.94. The van der Waals surface area contributed by atoms with Gasteiger partial charge < -0.3 is 0 Å². The molecule has 94 valence electrons. The van der Waals surface area contributed by atoms with Crippen LogP contribution >= 0.6 is 27.5 Å². The van der Waals surface area contributed by atoms with Crippen LogP contribution in [0.5, 0.6) is 0 Å². The molecule has 18 heavy (non-hydrogen) atoms. The van der Waals surface area contributed by atoms with E-state index < -0.39 is 0 Å². The van der Waals surface area contributed by atoms with Crippen molar-refractivity contribution in [1.29, 1.82) is 0 Å². The highest BCUT2D eigenvalue weighted by atomic mass is 79.9. The molecule has 0 aliphatic heterocycles. The Bertz CT molecular complexity index is 549. The molecule has 1 unspecified atom stereocenters. The number of aryl methyl sites for hydroxylation is 2. The van der Waals surface area contributed by atoms with Gasteiger partial charge in [0.15, 0.2) is 0 Å². The molecule has 0 aliphatic carbocycles. The molecule has 0 N–H and O–H groups in total. The quantitative estimate of drug-likeness (QED) is 0.646. The smallest absolute Gasteiger partial charge is 0.0628 e. The van der Waals surface area contributed by atoms with E-state index in [9.17, 15) is 0 Å². The standard InChI is InChI=1S/C16H16BrCl/c1-11-6-7-12(2)15(8-11)16(18)10-13-4-3-5-14(17)9-13/h3-9,16H,10H2,1-2H3. The van der Waals surface area contributed by atoms with E-state index >= 15 is 0 Å². The highest BCUT2D eigenvalue weighted by Crippen LogP contribution is 2.29. The first-order valence-electron chi connectivity index (χ1n) is 6.02. The number of halogens is 2. The maximum absolute atomic E-state index is 6.56. The fourth-order valence-electron chi connectivity index (χ4n) is 2.08. The second-order valence-corrected chi connectivity index (χ2v) is 6.10. The number of rotatable bonds is 3. The van der Waals surface area contributed by atoms with Gasteiger partial charge in [0.2, 0.25) is 0 Å². The fraction of sp³-hybridized carbons (Fsp3) is 0.250. The minimum absolute atomic E-state index is 0.0270. The van der Waals surface area contributed by atoms with Gasteiger partial charge in [0.05, 0.1) is 5.38 Å². The zero-order valence-electron chi connectivity index (χ0n) is 10.6. The second kappa shape index (κ2) is 5.90. The molecule has 0 heterocycles. The van der Waals surface area contributed by atoms with Crippen LogP contribution in [0.4, 0.5) is 0 Å². The van der Waals surface area contributed by atoms with Gasteiger partial charge in [-0.25, -0.2) is 0 Å². The van der Waals surface area contributed by atoms with Gasteiger partial charge in [0.1, 0.15) is 0 Å². The molecule has 0 saturated carbocycles. The van der Waals surface area contributed by atoms with Crippen LogP contribution in [0.25, 0.3) is 0 Å². The number of benzene rings is 2. The lowest BCUT2D eigenvalue weighted by molar-refractivity contribution is 0.907. The van der Waals surface area contributed by atoms with Crippen molar-refractivity contribution >= 4 is 27.5 Å². The Kier molecular flexibility index (Phi) is 4.47. The Morgan fingerprint density at radius 2 is 1.89 bits per heavy atom. The maximum Gasteiger partial charge on any atom is 0.0628 e. The Hall–Kier alpha value is -0.790. The molecule has 0 nitrogen and oxygen atoms in total. The Balaban J connectivity index is 2.21. The van der Waals surface area contributed by atoms with Gasteiger partial charge >= 0.3 is 0 Å². The first-order valence-corrected chi connectivity index (χ1v) is 7.25. The molecule has 0 bridgehead atoms. The first kappa shape index (κ1) is 13.6. The van der Waals surface area contributed by atoms with Crippen molar-refractivity contribution in [1.82, 2.24) is 0 Å². The first-order chi connectivity index (χ1) is 8.56. The zero-order chi connectivity index (χ0) is 13.1. The summed E-state index contributed by atoms with van der Waals surface area (Å²) in [6, 6.07) is 14.8. The predicted molar refractivity (Wildman–Crippen MR) is 82.4 cm³/mol. The molecule has 0 fully saturated rings. The summed E-state index contributed by atoms with van der Waals surface area (Å²) < 4.78 is 1.10. The minimum Gasteiger partial charge on any atom is -0.117 e. The summed E-state index contributed by atoms with van der Waals surface area (Å²) >= 11 is 10.0. The molecule has 0 aromatic heterocycles. The summed E-state index contributed by atoms with van der Waals surface area (Å²) in [5, 5.41) is 0.0270. The largest absolute Gasteiger partial charge is 0.117 e. The van der Waals surface area contributed by atoms with Crippen LogP contribution in [0.2, 0.25) is 0 Å². The van der Waals surface area contributed by atoms with E-state index in [0.717, 1.165) is 10.9 Å². The Labute approximate surface area is 122 Å². The lowest BCUT2D eigenvalue weighted by Gasteiger charge is -2.14. The molecule has 0 radical (unpaired) electrons. The van der Waals surface area contributed by atoms with Gasteiger partial charge in [-0.1, -0.05) is 51.8 Å². The lowest BCUT2D eigenvalue weighted by atomic mass is 9.98. The van der Waals surface area contributed by atoms with Crippen molar-refractivity contribution in [2.75, 3.05) is 0 Å². The summed E-state index contributed by atoms with van der Waals surface area (Å²) in [5.41, 5.74) is 5.01. The molecular formula is C16H16BrCl. The van der Waals surface area contributed by atoms with E-state index in [2.05, 4.69) is 60.1 Å². The zero-order valence-corrected chi connectivity index (χ0v) is 12.9. The number of hydrogen-bond donors (Lipinski definition) is 0. The van der Waals surface area contributed by atoms with E-state index in [1.54, 1.807) is 0 Å². The normalized spacial score (nSPS) is 12.4. The molecule has 1 atom stereocenters. The van der Waals surface area contributed by atoms with E-state index in [4.69, 9.17) is 11.6 Å². The van der Waals surface area contributed by atoms with Crippen LogP contribution in [-0.2, 0) is 6.42 Å². The average Bonchev–Trinajstić information content (AvgIpc) is 2.32. The van der Waals surface area contributed by atoms with E-state index in [0.29, 0.717) is 0 Å². The van der Waals surface area contributed by atoms with Crippen molar-refractivity contribution < 1.29 is 0 Å². The van der Waals surface area contributed by atoms with Gasteiger partial charge in [-0.15, -0.1) is 11.6 Å². The van der Waals surface area contributed by atoms with Gasteiger partial charge in [-0.05, 0) is 49.1 Å². The molecule has 0 spiro atoms. The maximum atomic E-state index is 6.56. The Morgan fingerprint density at radius 1 is 1.11 bits per heavy atom. The third-order valence-electron chi connectivity index (χ3n) is 3.08. The van der Waals surface area contributed by atoms with Gasteiger partial charge in [-0.3, -0.25) is 0 Å². The van der Waals surface area contributed by atoms with Crippen LogP contribution in [0.15, 0.2) is 46.9 Å². The average molecular weight is 324 g/mol. The summed E-state index contributed by atoms with van der Waals surface area (Å²) in [6.45, 7) is 4.22. The number of hydrogen-bond acceptors (Lipinski definition) is 0. The third kappa shape index (κ3) is 3.37. The van der Waals surface area contributed by atoms with Crippen molar-refractivity contribution in [2.45, 2.75) is 25.6 Å². The van der Waals surface area contributed by atoms with Crippen LogP contribution in [0.1, 0.15) is 27.6 Å². The molecule has 0 amide bonds. The third-order valence-corrected chi connectivity index (χ3v) is 3.96. The van der Waals surface area contributed by atoms with Gasteiger partial charge in [-0.2, -0.15) is 0 Å². The van der Waals surface area contributed by atoms with Crippen LogP contribution < -0.4 is 0 Å². The molecule has 2 aromatic carbocycles. The van der Waals surface area contributed by atoms with Crippen LogP contribution in [0, 0.1) is 13.8 Å². The number of alkyl halides is 1. The molecule has 2 aromatic rings. The highest BCUT2D eigenvalue weighted by Gasteiger charge is 2.11. The van der Waals surface area contributed by atoms with Crippen molar-refractivity contribution in [3.8, 4) is 0 Å². The van der Waals surface area contributed by atoms with Crippen molar-refractivity contribution in [3.05, 3.63) is 69.2 Å². The summed E-state index contributed by atoms with van der Waals surface area (Å²) in [5.74, 6) is 0. The van der Waals surface area contributed by atoms with E-state index in [-0.39, 0.29) is 5.38 Å². The van der Waals surface area contributed by atoms with Crippen LogP contribution in [-0.4, -0.2) is 0 Å². The monoisotopic (exact) mass is 322 g/mol.